The average molecular weight is 347 g/mol. The zero-order chi connectivity index (χ0) is 18.6. The summed E-state index contributed by atoms with van der Waals surface area (Å²) in [7, 11) is 0. The summed E-state index contributed by atoms with van der Waals surface area (Å²) >= 11 is 0. The third-order valence-electron chi connectivity index (χ3n) is 3.58. The molecule has 0 saturated heterocycles. The first kappa shape index (κ1) is 18.6. The number of nitrogens with zero attached hydrogens (tertiary/aromatic N) is 1. The van der Waals surface area contributed by atoms with Gasteiger partial charge in [0, 0.05) is 5.92 Å². The van der Waals surface area contributed by atoms with Gasteiger partial charge in [-0.05, 0) is 38.1 Å². The second-order valence-corrected chi connectivity index (χ2v) is 6.21. The molecule has 2 N–H and O–H groups in total. The molecule has 2 aromatic rings. The van der Waals surface area contributed by atoms with E-state index < -0.39 is 11.5 Å². The highest BCUT2D eigenvalue weighted by Gasteiger charge is 2.19. The number of aromatic nitrogens is 2. The van der Waals surface area contributed by atoms with Crippen molar-refractivity contribution in [2.45, 2.75) is 39.7 Å². The number of aryl methyl sites for hydroxylation is 1. The molecule has 7 heteroatoms. The Hall–Kier alpha value is -2.70. The number of benzene rings is 1. The molecule has 0 unspecified atom stereocenters. The van der Waals surface area contributed by atoms with Gasteiger partial charge in [-0.15, -0.1) is 0 Å². The van der Waals surface area contributed by atoms with Gasteiger partial charge in [-0.2, -0.15) is 0 Å². The molecule has 0 bridgehead atoms. The van der Waals surface area contributed by atoms with Crippen LogP contribution < -0.4 is 15.6 Å². The van der Waals surface area contributed by atoms with Gasteiger partial charge in [-0.25, -0.2) is 9.37 Å². The maximum absolute atomic E-state index is 12.8. The number of carbonyl (C=O) groups excluding carboxylic acids is 1. The summed E-state index contributed by atoms with van der Waals surface area (Å²) in [6.07, 6.45) is 0. The normalized spacial score (nSPS) is 12.1. The van der Waals surface area contributed by atoms with E-state index in [1.165, 1.54) is 24.3 Å². The first-order valence-corrected chi connectivity index (χ1v) is 8.08. The monoisotopic (exact) mass is 347 g/mol. The molecule has 6 nitrogen and oxygen atoms in total. The van der Waals surface area contributed by atoms with Gasteiger partial charge in [0.2, 0.25) is 0 Å². The molecule has 1 atom stereocenters. The molecule has 1 amide bonds. The van der Waals surface area contributed by atoms with Crippen LogP contribution in [0, 0.1) is 12.7 Å². The zero-order valence-electron chi connectivity index (χ0n) is 14.7. The maximum atomic E-state index is 12.8. The number of amides is 1. The van der Waals surface area contributed by atoms with Crippen molar-refractivity contribution in [3.05, 3.63) is 57.5 Å². The fraction of sp³-hybridized carbons (Fsp3) is 0.389. The SMILES string of the molecule is Cc1nc(C(C)C)[nH]c(=O)c1C(=O)N[C@@H](C)COc1ccc(F)cc1. The van der Waals surface area contributed by atoms with Gasteiger partial charge in [0.1, 0.15) is 29.6 Å². The number of halogens is 1. The Kier molecular flexibility index (Phi) is 5.90. The van der Waals surface area contributed by atoms with E-state index in [0.717, 1.165) is 0 Å². The number of nitrogens with one attached hydrogen (secondary N) is 2. The predicted octanol–water partition coefficient (Wildman–Crippen LogP) is 2.54. The van der Waals surface area contributed by atoms with Crippen LogP contribution >= 0.6 is 0 Å². The molecule has 0 radical (unpaired) electrons. The highest BCUT2D eigenvalue weighted by molar-refractivity contribution is 5.94. The molecule has 2 rings (SSSR count). The van der Waals surface area contributed by atoms with E-state index in [2.05, 4.69) is 15.3 Å². The fourth-order valence-corrected chi connectivity index (χ4v) is 2.24. The molecule has 1 aromatic carbocycles. The number of aromatic amines is 1. The molecule has 0 spiro atoms. The summed E-state index contributed by atoms with van der Waals surface area (Å²) in [6.45, 7) is 7.39. The van der Waals surface area contributed by atoms with E-state index >= 15 is 0 Å². The highest BCUT2D eigenvalue weighted by atomic mass is 19.1. The van der Waals surface area contributed by atoms with Crippen molar-refractivity contribution < 1.29 is 13.9 Å². The number of hydrogen-bond acceptors (Lipinski definition) is 4. The fourth-order valence-electron chi connectivity index (χ4n) is 2.24. The minimum absolute atomic E-state index is 0.00182. The highest BCUT2D eigenvalue weighted by Crippen LogP contribution is 2.12. The zero-order valence-corrected chi connectivity index (χ0v) is 14.7. The minimum Gasteiger partial charge on any atom is -0.491 e. The molecule has 0 aliphatic rings. The summed E-state index contributed by atoms with van der Waals surface area (Å²) in [6, 6.07) is 5.26. The van der Waals surface area contributed by atoms with Crippen LogP contribution in [-0.2, 0) is 0 Å². The molecular formula is C18H22FN3O3. The van der Waals surface area contributed by atoms with Crippen LogP contribution in [0.15, 0.2) is 29.1 Å². The molecule has 1 heterocycles. The summed E-state index contributed by atoms with van der Waals surface area (Å²) < 4.78 is 18.3. The third kappa shape index (κ3) is 4.89. The molecule has 0 saturated carbocycles. The van der Waals surface area contributed by atoms with Crippen molar-refractivity contribution >= 4 is 5.91 Å². The number of carbonyl (C=O) groups is 1. The molecule has 1 aromatic heterocycles. The molecule has 0 fully saturated rings. The molecule has 134 valence electrons. The topological polar surface area (TPSA) is 84.1 Å². The van der Waals surface area contributed by atoms with Crippen molar-refractivity contribution in [1.29, 1.82) is 0 Å². The van der Waals surface area contributed by atoms with E-state index in [9.17, 15) is 14.0 Å². The summed E-state index contributed by atoms with van der Waals surface area (Å²) in [5.41, 5.74) is -0.0741. The molecular weight excluding hydrogens is 325 g/mol. The Morgan fingerprint density at radius 1 is 1.28 bits per heavy atom. The lowest BCUT2D eigenvalue weighted by Gasteiger charge is -2.16. The van der Waals surface area contributed by atoms with E-state index in [0.29, 0.717) is 17.3 Å². The van der Waals surface area contributed by atoms with E-state index in [1.807, 2.05) is 13.8 Å². The van der Waals surface area contributed by atoms with Gasteiger partial charge >= 0.3 is 0 Å². The van der Waals surface area contributed by atoms with Crippen LogP contribution in [0.2, 0.25) is 0 Å². The van der Waals surface area contributed by atoms with Crippen LogP contribution in [0.4, 0.5) is 4.39 Å². The van der Waals surface area contributed by atoms with Crippen molar-refractivity contribution in [2.75, 3.05) is 6.61 Å². The smallest absolute Gasteiger partial charge is 0.264 e. The predicted molar refractivity (Wildman–Crippen MR) is 92.5 cm³/mol. The molecule has 0 aliphatic heterocycles. The minimum atomic E-state index is -0.503. The Labute approximate surface area is 145 Å². The Morgan fingerprint density at radius 3 is 2.48 bits per heavy atom. The van der Waals surface area contributed by atoms with Gasteiger partial charge in [0.25, 0.3) is 11.5 Å². The molecule has 25 heavy (non-hydrogen) atoms. The third-order valence-corrected chi connectivity index (χ3v) is 3.58. The second kappa shape index (κ2) is 7.92. The van der Waals surface area contributed by atoms with Gasteiger partial charge in [-0.3, -0.25) is 9.59 Å². The quantitative estimate of drug-likeness (QED) is 0.841. The van der Waals surface area contributed by atoms with E-state index in [4.69, 9.17) is 4.74 Å². The first-order chi connectivity index (χ1) is 11.8. The van der Waals surface area contributed by atoms with Crippen LogP contribution in [0.1, 0.15) is 48.6 Å². The van der Waals surface area contributed by atoms with Gasteiger partial charge < -0.3 is 15.0 Å². The Bertz CT molecular complexity index is 800. The largest absolute Gasteiger partial charge is 0.491 e. The number of rotatable bonds is 6. The van der Waals surface area contributed by atoms with Crippen molar-refractivity contribution in [3.8, 4) is 5.75 Å². The van der Waals surface area contributed by atoms with Gasteiger partial charge in [0.15, 0.2) is 0 Å². The first-order valence-electron chi connectivity index (χ1n) is 8.08. The van der Waals surface area contributed by atoms with Gasteiger partial charge in [-0.1, -0.05) is 13.8 Å². The summed E-state index contributed by atoms with van der Waals surface area (Å²) in [4.78, 5) is 31.5. The maximum Gasteiger partial charge on any atom is 0.264 e. The van der Waals surface area contributed by atoms with Crippen LogP contribution in [0.5, 0.6) is 5.75 Å². The standard InChI is InChI=1S/C18H22FN3O3/c1-10(2)16-21-12(4)15(18(24)22-16)17(23)20-11(3)9-25-14-7-5-13(19)6-8-14/h5-8,10-11H,9H2,1-4H3,(H,20,23)(H,21,22,24)/t11-/m0/s1. The Morgan fingerprint density at radius 2 is 1.92 bits per heavy atom. The number of ether oxygens (including phenoxy) is 1. The Balaban J connectivity index is 2.01. The van der Waals surface area contributed by atoms with Gasteiger partial charge in [0.05, 0.1) is 11.7 Å². The van der Waals surface area contributed by atoms with E-state index in [1.54, 1.807) is 13.8 Å². The van der Waals surface area contributed by atoms with E-state index in [-0.39, 0.29) is 29.9 Å². The molecule has 0 aliphatic carbocycles. The lowest BCUT2D eigenvalue weighted by Crippen LogP contribution is -2.40. The van der Waals surface area contributed by atoms with Crippen molar-refractivity contribution in [3.63, 3.8) is 0 Å². The van der Waals surface area contributed by atoms with Crippen molar-refractivity contribution in [2.24, 2.45) is 0 Å². The number of hydrogen-bond donors (Lipinski definition) is 2. The van der Waals surface area contributed by atoms with Crippen molar-refractivity contribution in [1.82, 2.24) is 15.3 Å². The summed E-state index contributed by atoms with van der Waals surface area (Å²) in [5.74, 6) is 0.260. The summed E-state index contributed by atoms with van der Waals surface area (Å²) in [5, 5.41) is 2.71. The average Bonchev–Trinajstić information content (AvgIpc) is 2.53. The lowest BCUT2D eigenvalue weighted by molar-refractivity contribution is 0.0924. The van der Waals surface area contributed by atoms with Crippen LogP contribution in [-0.4, -0.2) is 28.5 Å². The lowest BCUT2D eigenvalue weighted by atomic mass is 10.1. The number of H-pyrrole nitrogens is 1. The second-order valence-electron chi connectivity index (χ2n) is 6.21. The van der Waals surface area contributed by atoms with Crippen LogP contribution in [0.25, 0.3) is 0 Å². The van der Waals surface area contributed by atoms with Crippen LogP contribution in [0.3, 0.4) is 0 Å².